The van der Waals surface area contributed by atoms with Gasteiger partial charge in [0.05, 0.1) is 17.6 Å². The molecule has 8 nitrogen and oxygen atoms in total. The predicted molar refractivity (Wildman–Crippen MR) is 118 cm³/mol. The number of benzene rings is 2. The molecule has 0 aliphatic carbocycles. The third-order valence-corrected chi connectivity index (χ3v) is 4.82. The van der Waals surface area contributed by atoms with E-state index < -0.39 is 0 Å². The zero-order valence-electron chi connectivity index (χ0n) is 17.3. The molecule has 0 aliphatic heterocycles. The lowest BCUT2D eigenvalue weighted by Crippen LogP contribution is -2.30. The number of carbonyl (C=O) groups excluding carboxylic acids is 2. The number of imidazole rings is 1. The summed E-state index contributed by atoms with van der Waals surface area (Å²) in [5, 5.41) is 15.0. The van der Waals surface area contributed by atoms with Crippen LogP contribution >= 0.6 is 0 Å². The lowest BCUT2D eigenvalue weighted by molar-refractivity contribution is -0.116. The van der Waals surface area contributed by atoms with E-state index >= 15 is 0 Å². The summed E-state index contributed by atoms with van der Waals surface area (Å²) in [5.74, 6) is 0.288. The number of amides is 2. The molecule has 8 heteroatoms. The third kappa shape index (κ3) is 4.77. The van der Waals surface area contributed by atoms with Crippen LogP contribution < -0.4 is 10.6 Å². The van der Waals surface area contributed by atoms with Crippen LogP contribution in [0.1, 0.15) is 24.2 Å². The third-order valence-electron chi connectivity index (χ3n) is 4.82. The van der Waals surface area contributed by atoms with Crippen LogP contribution in [0.5, 0.6) is 0 Å². The van der Waals surface area contributed by atoms with Gasteiger partial charge in [-0.3, -0.25) is 9.59 Å². The standard InChI is InChI=1S/C22H27N5O3/c1-3-26(4-2)21(30)16-9-11-17(12-10-16)24-20(29)15-27-19-8-6-5-7-18(19)25-22(27)23-13-14-28/h5-12,28H,3-4,13-15H2,1-2H3,(H,23,25)(H,24,29). The van der Waals surface area contributed by atoms with E-state index in [0.29, 0.717) is 36.8 Å². The fraction of sp³-hybridized carbons (Fsp3) is 0.318. The minimum Gasteiger partial charge on any atom is -0.395 e. The van der Waals surface area contributed by atoms with Crippen molar-refractivity contribution in [3.8, 4) is 0 Å². The van der Waals surface area contributed by atoms with Gasteiger partial charge in [0, 0.05) is 30.9 Å². The van der Waals surface area contributed by atoms with Gasteiger partial charge in [-0.05, 0) is 50.2 Å². The topological polar surface area (TPSA) is 99.5 Å². The van der Waals surface area contributed by atoms with Crippen molar-refractivity contribution in [2.75, 3.05) is 36.9 Å². The quantitative estimate of drug-likeness (QED) is 0.504. The maximum absolute atomic E-state index is 12.7. The van der Waals surface area contributed by atoms with E-state index in [4.69, 9.17) is 5.11 Å². The van der Waals surface area contributed by atoms with Crippen molar-refractivity contribution in [1.82, 2.24) is 14.5 Å². The summed E-state index contributed by atoms with van der Waals surface area (Å²) in [7, 11) is 0. The van der Waals surface area contributed by atoms with E-state index in [1.807, 2.05) is 38.1 Å². The number of carbonyl (C=O) groups is 2. The highest BCUT2D eigenvalue weighted by Gasteiger charge is 2.15. The van der Waals surface area contributed by atoms with Gasteiger partial charge in [-0.1, -0.05) is 12.1 Å². The number of anilines is 2. The Labute approximate surface area is 175 Å². The normalized spacial score (nSPS) is 10.8. The van der Waals surface area contributed by atoms with E-state index in [1.165, 1.54) is 0 Å². The Bertz CT molecular complexity index is 1010. The molecule has 0 spiro atoms. The molecule has 30 heavy (non-hydrogen) atoms. The highest BCUT2D eigenvalue weighted by molar-refractivity contribution is 5.96. The smallest absolute Gasteiger partial charge is 0.253 e. The van der Waals surface area contributed by atoms with Crippen LogP contribution in [0.3, 0.4) is 0 Å². The molecule has 0 bridgehead atoms. The van der Waals surface area contributed by atoms with E-state index in [0.717, 1.165) is 11.0 Å². The van der Waals surface area contributed by atoms with Crippen molar-refractivity contribution >= 4 is 34.5 Å². The lowest BCUT2D eigenvalue weighted by atomic mass is 10.1. The second-order valence-electron chi connectivity index (χ2n) is 6.76. The largest absolute Gasteiger partial charge is 0.395 e. The van der Waals surface area contributed by atoms with Gasteiger partial charge in [-0.2, -0.15) is 0 Å². The molecule has 3 rings (SSSR count). The maximum atomic E-state index is 12.7. The molecule has 0 fully saturated rings. The molecule has 2 aromatic carbocycles. The van der Waals surface area contributed by atoms with Gasteiger partial charge in [0.15, 0.2) is 0 Å². The van der Waals surface area contributed by atoms with Crippen molar-refractivity contribution < 1.29 is 14.7 Å². The van der Waals surface area contributed by atoms with Gasteiger partial charge in [0.2, 0.25) is 11.9 Å². The molecule has 0 aliphatic rings. The first-order chi connectivity index (χ1) is 14.6. The summed E-state index contributed by atoms with van der Waals surface area (Å²) < 4.78 is 1.78. The van der Waals surface area contributed by atoms with Gasteiger partial charge in [-0.25, -0.2) is 4.98 Å². The molecule has 0 radical (unpaired) electrons. The first kappa shape index (κ1) is 21.3. The van der Waals surface area contributed by atoms with E-state index in [2.05, 4.69) is 15.6 Å². The minimum absolute atomic E-state index is 0.0256. The summed E-state index contributed by atoms with van der Waals surface area (Å²) in [4.78, 5) is 31.3. The molecular formula is C22H27N5O3. The SMILES string of the molecule is CCN(CC)C(=O)c1ccc(NC(=O)Cn2c(NCCO)nc3ccccc32)cc1. The summed E-state index contributed by atoms with van der Waals surface area (Å²) in [6.45, 7) is 5.56. The molecule has 0 saturated heterocycles. The number of hydrogen-bond acceptors (Lipinski definition) is 5. The van der Waals surface area contributed by atoms with Crippen molar-refractivity contribution in [3.63, 3.8) is 0 Å². The number of fused-ring (bicyclic) bond motifs is 1. The summed E-state index contributed by atoms with van der Waals surface area (Å²) >= 11 is 0. The number of nitrogens with zero attached hydrogens (tertiary/aromatic N) is 3. The van der Waals surface area contributed by atoms with Crippen LogP contribution in [0, 0.1) is 0 Å². The van der Waals surface area contributed by atoms with Crippen molar-refractivity contribution in [2.24, 2.45) is 0 Å². The molecule has 2 amide bonds. The van der Waals surface area contributed by atoms with Crippen LogP contribution in [0.2, 0.25) is 0 Å². The summed E-state index contributed by atoms with van der Waals surface area (Å²) in [6.07, 6.45) is 0. The molecule has 1 heterocycles. The maximum Gasteiger partial charge on any atom is 0.253 e. The predicted octanol–water partition coefficient (Wildman–Crippen LogP) is 2.56. The van der Waals surface area contributed by atoms with E-state index in [-0.39, 0.29) is 25.0 Å². The highest BCUT2D eigenvalue weighted by atomic mass is 16.3. The number of rotatable bonds is 9. The fourth-order valence-electron chi connectivity index (χ4n) is 3.27. The number of nitrogens with one attached hydrogen (secondary N) is 2. The monoisotopic (exact) mass is 409 g/mol. The number of hydrogen-bond donors (Lipinski definition) is 3. The number of aliphatic hydroxyl groups is 1. The molecule has 1 aromatic heterocycles. The van der Waals surface area contributed by atoms with Crippen molar-refractivity contribution in [1.29, 1.82) is 0 Å². The van der Waals surface area contributed by atoms with Crippen LogP contribution in [-0.4, -0.2) is 57.6 Å². The first-order valence-electron chi connectivity index (χ1n) is 10.1. The Morgan fingerprint density at radius 2 is 1.77 bits per heavy atom. The Morgan fingerprint density at radius 3 is 2.43 bits per heavy atom. The summed E-state index contributed by atoms with van der Waals surface area (Å²) in [5.41, 5.74) is 2.80. The Balaban J connectivity index is 1.72. The van der Waals surface area contributed by atoms with Gasteiger partial charge >= 0.3 is 0 Å². The van der Waals surface area contributed by atoms with Gasteiger partial charge in [0.25, 0.3) is 5.91 Å². The average molecular weight is 409 g/mol. The Morgan fingerprint density at radius 1 is 1.07 bits per heavy atom. The van der Waals surface area contributed by atoms with Crippen LogP contribution in [0.25, 0.3) is 11.0 Å². The molecule has 0 unspecified atom stereocenters. The molecular weight excluding hydrogens is 382 g/mol. The zero-order valence-corrected chi connectivity index (χ0v) is 17.3. The van der Waals surface area contributed by atoms with Gasteiger partial charge < -0.3 is 25.2 Å². The molecule has 3 aromatic rings. The zero-order chi connectivity index (χ0) is 21.5. The second-order valence-corrected chi connectivity index (χ2v) is 6.76. The van der Waals surface area contributed by atoms with Crippen molar-refractivity contribution in [3.05, 3.63) is 54.1 Å². The molecule has 0 atom stereocenters. The van der Waals surface area contributed by atoms with Crippen LogP contribution in [0.4, 0.5) is 11.6 Å². The summed E-state index contributed by atoms with van der Waals surface area (Å²) in [6, 6.07) is 14.4. The Hall–Kier alpha value is -3.39. The van der Waals surface area contributed by atoms with Gasteiger partial charge in [-0.15, -0.1) is 0 Å². The lowest BCUT2D eigenvalue weighted by Gasteiger charge is -2.18. The van der Waals surface area contributed by atoms with E-state index in [9.17, 15) is 9.59 Å². The average Bonchev–Trinajstić information content (AvgIpc) is 3.10. The first-order valence-corrected chi connectivity index (χ1v) is 10.1. The van der Waals surface area contributed by atoms with Crippen LogP contribution in [0.15, 0.2) is 48.5 Å². The Kier molecular flexibility index (Phi) is 7.03. The number of aromatic nitrogens is 2. The van der Waals surface area contributed by atoms with Gasteiger partial charge in [0.1, 0.15) is 6.54 Å². The number of aliphatic hydroxyl groups excluding tert-OH is 1. The molecule has 0 saturated carbocycles. The molecule has 3 N–H and O–H groups in total. The second kappa shape index (κ2) is 9.89. The van der Waals surface area contributed by atoms with Crippen molar-refractivity contribution in [2.45, 2.75) is 20.4 Å². The highest BCUT2D eigenvalue weighted by Crippen LogP contribution is 2.20. The minimum atomic E-state index is -0.215. The molecule has 158 valence electrons. The number of para-hydroxylation sites is 2. The van der Waals surface area contributed by atoms with Crippen LogP contribution in [-0.2, 0) is 11.3 Å². The fourth-order valence-corrected chi connectivity index (χ4v) is 3.27. The van der Waals surface area contributed by atoms with E-state index in [1.54, 1.807) is 33.7 Å².